The summed E-state index contributed by atoms with van der Waals surface area (Å²) in [7, 11) is 0. The van der Waals surface area contributed by atoms with Crippen LogP contribution in [0.15, 0.2) is 12.3 Å². The first kappa shape index (κ1) is 9.69. The Balaban J connectivity index is 1.92. The second-order valence-corrected chi connectivity index (χ2v) is 5.88. The lowest BCUT2D eigenvalue weighted by molar-refractivity contribution is 0.0682. The van der Waals surface area contributed by atoms with Crippen LogP contribution in [0.4, 0.5) is 0 Å². The Labute approximate surface area is 102 Å². The van der Waals surface area contributed by atoms with Crippen molar-refractivity contribution >= 4 is 28.6 Å². The highest BCUT2D eigenvalue weighted by atomic mass is 127. The van der Waals surface area contributed by atoms with E-state index < -0.39 is 5.97 Å². The fourth-order valence-corrected chi connectivity index (χ4v) is 3.42. The van der Waals surface area contributed by atoms with Crippen LogP contribution in [-0.4, -0.2) is 15.6 Å². The summed E-state index contributed by atoms with van der Waals surface area (Å²) in [5.74, 6) is 0.965. The molecule has 1 N–H and O–H groups in total. The van der Waals surface area contributed by atoms with E-state index in [1.807, 2.05) is 10.8 Å². The van der Waals surface area contributed by atoms with Crippen LogP contribution < -0.4 is 0 Å². The van der Waals surface area contributed by atoms with E-state index in [0.717, 1.165) is 15.4 Å². The van der Waals surface area contributed by atoms with Gasteiger partial charge in [-0.25, -0.2) is 4.79 Å². The van der Waals surface area contributed by atoms with Gasteiger partial charge in [0.15, 0.2) is 0 Å². The Morgan fingerprint density at radius 1 is 1.40 bits per heavy atom. The third kappa shape index (κ3) is 1.58. The van der Waals surface area contributed by atoms with Crippen molar-refractivity contribution in [2.45, 2.75) is 25.3 Å². The maximum absolute atomic E-state index is 11.1. The van der Waals surface area contributed by atoms with Crippen LogP contribution in [0.1, 0.15) is 35.8 Å². The molecule has 0 bridgehead atoms. The number of aromatic carboxylic acids is 1. The molecule has 0 amide bonds. The average Bonchev–Trinajstić information content (AvgIpc) is 2.62. The van der Waals surface area contributed by atoms with Crippen LogP contribution in [0.3, 0.4) is 0 Å². The predicted molar refractivity (Wildman–Crippen MR) is 64.0 cm³/mol. The number of aromatic nitrogens is 1. The van der Waals surface area contributed by atoms with Crippen LogP contribution in [0.25, 0.3) is 0 Å². The quantitative estimate of drug-likeness (QED) is 0.852. The molecule has 0 saturated heterocycles. The van der Waals surface area contributed by atoms with E-state index in [1.165, 1.54) is 19.3 Å². The Kier molecular flexibility index (Phi) is 2.09. The van der Waals surface area contributed by atoms with Crippen molar-refractivity contribution in [2.24, 2.45) is 11.8 Å². The van der Waals surface area contributed by atoms with Crippen LogP contribution >= 0.6 is 22.6 Å². The Morgan fingerprint density at radius 3 is 2.67 bits per heavy atom. The summed E-state index contributed by atoms with van der Waals surface area (Å²) in [6, 6.07) is 2.19. The first-order chi connectivity index (χ1) is 7.15. The second kappa shape index (κ2) is 3.23. The van der Waals surface area contributed by atoms with Crippen LogP contribution in [-0.2, 0) is 0 Å². The standard InChI is InChI=1S/C11H12INO2/c12-8-4-10(11(14)15)13(5-8)9-2-6-1-7(6)3-9/h4-7,9H,1-3H2,(H,14,15). The molecule has 1 aromatic rings. The molecule has 0 radical (unpaired) electrons. The van der Waals surface area contributed by atoms with Crippen LogP contribution in [0.2, 0.25) is 0 Å². The summed E-state index contributed by atoms with van der Waals surface area (Å²) >= 11 is 2.18. The van der Waals surface area contributed by atoms with E-state index in [0.29, 0.717) is 11.7 Å². The molecule has 15 heavy (non-hydrogen) atoms. The van der Waals surface area contributed by atoms with E-state index in [4.69, 9.17) is 5.11 Å². The Hall–Kier alpha value is -0.520. The summed E-state index contributed by atoms with van der Waals surface area (Å²) in [5.41, 5.74) is 0.450. The highest BCUT2D eigenvalue weighted by Gasteiger charge is 2.46. The summed E-state index contributed by atoms with van der Waals surface area (Å²) in [5, 5.41) is 9.09. The molecule has 2 atom stereocenters. The third-order valence-electron chi connectivity index (χ3n) is 3.65. The topological polar surface area (TPSA) is 42.2 Å². The van der Waals surface area contributed by atoms with Gasteiger partial charge in [0.2, 0.25) is 0 Å². The number of carbonyl (C=O) groups is 1. The van der Waals surface area contributed by atoms with Crippen molar-refractivity contribution in [2.75, 3.05) is 0 Å². The summed E-state index contributed by atoms with van der Waals surface area (Å²) in [6.07, 6.45) is 5.70. The predicted octanol–water partition coefficient (Wildman–Crippen LogP) is 2.76. The van der Waals surface area contributed by atoms with Crippen molar-refractivity contribution in [3.8, 4) is 0 Å². The zero-order valence-electron chi connectivity index (χ0n) is 8.19. The van der Waals surface area contributed by atoms with E-state index in [1.54, 1.807) is 6.07 Å². The highest BCUT2D eigenvalue weighted by Crippen LogP contribution is 2.56. The van der Waals surface area contributed by atoms with Gasteiger partial charge in [0.1, 0.15) is 5.69 Å². The van der Waals surface area contributed by atoms with Gasteiger partial charge in [-0.15, -0.1) is 0 Å². The summed E-state index contributed by atoms with van der Waals surface area (Å²) in [6.45, 7) is 0. The lowest BCUT2D eigenvalue weighted by Crippen LogP contribution is -2.13. The minimum Gasteiger partial charge on any atom is -0.477 e. The number of nitrogens with zero attached hydrogens (tertiary/aromatic N) is 1. The Morgan fingerprint density at radius 2 is 2.07 bits per heavy atom. The molecule has 2 unspecified atom stereocenters. The maximum Gasteiger partial charge on any atom is 0.352 e. The number of hydrogen-bond donors (Lipinski definition) is 1. The average molecular weight is 317 g/mol. The minimum atomic E-state index is -0.807. The number of hydrogen-bond acceptors (Lipinski definition) is 1. The molecule has 0 spiro atoms. The second-order valence-electron chi connectivity index (χ2n) is 4.64. The van der Waals surface area contributed by atoms with E-state index in [9.17, 15) is 4.79 Å². The highest BCUT2D eigenvalue weighted by molar-refractivity contribution is 14.1. The molecule has 2 aliphatic carbocycles. The van der Waals surface area contributed by atoms with Gasteiger partial charge in [-0.3, -0.25) is 0 Å². The van der Waals surface area contributed by atoms with Crippen molar-refractivity contribution in [3.63, 3.8) is 0 Å². The summed E-state index contributed by atoms with van der Waals surface area (Å²) < 4.78 is 2.99. The van der Waals surface area contributed by atoms with E-state index in [-0.39, 0.29) is 0 Å². The number of rotatable bonds is 2. The fraction of sp³-hybridized carbons (Fsp3) is 0.545. The number of halogens is 1. The van der Waals surface area contributed by atoms with Gasteiger partial charge in [0, 0.05) is 15.8 Å². The van der Waals surface area contributed by atoms with Crippen LogP contribution in [0.5, 0.6) is 0 Å². The van der Waals surface area contributed by atoms with Gasteiger partial charge in [0.05, 0.1) is 0 Å². The fourth-order valence-electron chi connectivity index (χ4n) is 2.83. The molecule has 2 saturated carbocycles. The van der Waals surface area contributed by atoms with Gasteiger partial charge in [-0.1, -0.05) is 0 Å². The molecular formula is C11H12INO2. The van der Waals surface area contributed by atoms with Crippen molar-refractivity contribution in [1.82, 2.24) is 4.57 Å². The minimum absolute atomic E-state index is 0.434. The molecule has 3 nitrogen and oxygen atoms in total. The van der Waals surface area contributed by atoms with Crippen molar-refractivity contribution < 1.29 is 9.90 Å². The Bertz CT molecular complexity index is 416. The third-order valence-corrected chi connectivity index (χ3v) is 4.24. The van der Waals surface area contributed by atoms with Gasteiger partial charge < -0.3 is 9.67 Å². The molecule has 2 aliphatic rings. The number of carboxylic acids is 1. The molecule has 1 aromatic heterocycles. The zero-order valence-corrected chi connectivity index (χ0v) is 10.3. The van der Waals surface area contributed by atoms with Gasteiger partial charge >= 0.3 is 5.97 Å². The van der Waals surface area contributed by atoms with Gasteiger partial charge in [0.25, 0.3) is 0 Å². The molecule has 2 fully saturated rings. The van der Waals surface area contributed by atoms with E-state index >= 15 is 0 Å². The zero-order chi connectivity index (χ0) is 10.6. The molecule has 4 heteroatoms. The monoisotopic (exact) mass is 317 g/mol. The molecular weight excluding hydrogens is 305 g/mol. The molecule has 3 rings (SSSR count). The normalized spacial score (nSPS) is 32.7. The molecule has 1 heterocycles. The van der Waals surface area contributed by atoms with Gasteiger partial charge in [-0.05, 0) is 59.8 Å². The van der Waals surface area contributed by atoms with E-state index in [2.05, 4.69) is 22.6 Å². The molecule has 0 aromatic carbocycles. The first-order valence-corrected chi connectivity index (χ1v) is 6.33. The SMILES string of the molecule is O=C(O)c1cc(I)cn1C1CC2CC2C1. The van der Waals surface area contributed by atoms with Crippen molar-refractivity contribution in [3.05, 3.63) is 21.5 Å². The van der Waals surface area contributed by atoms with Crippen molar-refractivity contribution in [1.29, 1.82) is 0 Å². The largest absolute Gasteiger partial charge is 0.477 e. The molecule has 80 valence electrons. The lowest BCUT2D eigenvalue weighted by Gasteiger charge is -2.15. The lowest BCUT2D eigenvalue weighted by atomic mass is 10.1. The summed E-state index contributed by atoms with van der Waals surface area (Å²) in [4.78, 5) is 11.1. The maximum atomic E-state index is 11.1. The first-order valence-electron chi connectivity index (χ1n) is 5.26. The number of carboxylic acid groups (broad SMARTS) is 1. The van der Waals surface area contributed by atoms with Crippen LogP contribution in [0, 0.1) is 15.4 Å². The molecule has 0 aliphatic heterocycles. The van der Waals surface area contributed by atoms with Gasteiger partial charge in [-0.2, -0.15) is 0 Å². The number of fused-ring (bicyclic) bond motifs is 1. The smallest absolute Gasteiger partial charge is 0.352 e.